The Morgan fingerprint density at radius 1 is 1.05 bits per heavy atom. The van der Waals surface area contributed by atoms with Gasteiger partial charge in [0, 0.05) is 11.8 Å². The van der Waals surface area contributed by atoms with Crippen molar-refractivity contribution in [1.29, 1.82) is 0 Å². The number of benzene rings is 3. The van der Waals surface area contributed by atoms with Gasteiger partial charge in [-0.25, -0.2) is 12.8 Å². The van der Waals surface area contributed by atoms with Crippen molar-refractivity contribution in [3.63, 3.8) is 0 Å². The molecule has 0 aliphatic carbocycles. The summed E-state index contributed by atoms with van der Waals surface area (Å²) >= 11 is 0. The average molecular weight is 524 g/mol. The van der Waals surface area contributed by atoms with Crippen molar-refractivity contribution in [2.24, 2.45) is 5.73 Å². The van der Waals surface area contributed by atoms with Gasteiger partial charge in [-0.05, 0) is 65.6 Å². The number of primary amides is 1. The molecule has 0 heterocycles. The molecule has 2 amide bonds. The van der Waals surface area contributed by atoms with E-state index in [0.717, 1.165) is 12.7 Å². The van der Waals surface area contributed by atoms with Gasteiger partial charge in [0.1, 0.15) is 5.82 Å². The number of para-hydroxylation sites is 2. The van der Waals surface area contributed by atoms with Crippen LogP contribution in [0.4, 0.5) is 15.8 Å². The Labute approximate surface area is 216 Å². The molecule has 7 nitrogen and oxygen atoms in total. The van der Waals surface area contributed by atoms with Gasteiger partial charge >= 0.3 is 0 Å². The lowest BCUT2D eigenvalue weighted by Crippen LogP contribution is -2.22. The minimum atomic E-state index is -3.58. The molecule has 0 fully saturated rings. The van der Waals surface area contributed by atoms with Gasteiger partial charge < -0.3 is 16.8 Å². The van der Waals surface area contributed by atoms with Crippen molar-refractivity contribution in [2.75, 3.05) is 17.3 Å². The summed E-state index contributed by atoms with van der Waals surface area (Å²) in [6.45, 7) is 1.97. The van der Waals surface area contributed by atoms with Gasteiger partial charge in [-0.2, -0.15) is 0 Å². The van der Waals surface area contributed by atoms with Crippen LogP contribution in [0.3, 0.4) is 0 Å². The van der Waals surface area contributed by atoms with Crippen LogP contribution in [0.15, 0.2) is 71.6 Å². The average Bonchev–Trinajstić information content (AvgIpc) is 2.84. The number of carbonyl (C=O) groups is 2. The first-order valence-corrected chi connectivity index (χ1v) is 13.7. The molecule has 0 aliphatic rings. The molecule has 0 spiro atoms. The zero-order valence-corrected chi connectivity index (χ0v) is 21.5. The van der Waals surface area contributed by atoms with Gasteiger partial charge in [-0.3, -0.25) is 9.59 Å². The number of unbranched alkanes of at least 4 members (excludes halogenated alkanes) is 1. The minimum Gasteiger partial charge on any atom is -0.397 e. The molecule has 0 saturated carbocycles. The Morgan fingerprint density at radius 3 is 2.32 bits per heavy atom. The summed E-state index contributed by atoms with van der Waals surface area (Å²) in [5, 5.41) is 2.77. The van der Waals surface area contributed by atoms with Crippen LogP contribution in [0.5, 0.6) is 0 Å². The van der Waals surface area contributed by atoms with E-state index in [1.807, 2.05) is 6.92 Å². The van der Waals surface area contributed by atoms with E-state index in [0.29, 0.717) is 40.9 Å². The summed E-state index contributed by atoms with van der Waals surface area (Å²) < 4.78 is 38.2. The van der Waals surface area contributed by atoms with E-state index in [1.165, 1.54) is 36.4 Å². The fourth-order valence-electron chi connectivity index (χ4n) is 3.94. The van der Waals surface area contributed by atoms with Crippen LogP contribution in [0, 0.1) is 5.82 Å². The zero-order valence-electron chi connectivity index (χ0n) is 20.7. The number of nitrogens with two attached hydrogens (primary N) is 2. The minimum absolute atomic E-state index is 0.0345. The number of carbonyl (C=O) groups excluding carboxylic acids is 2. The summed E-state index contributed by atoms with van der Waals surface area (Å²) in [5.41, 5.74) is 13.9. The number of nitrogens with one attached hydrogen (secondary N) is 1. The molecule has 37 heavy (non-hydrogen) atoms. The van der Waals surface area contributed by atoms with Crippen molar-refractivity contribution in [3.05, 3.63) is 89.2 Å². The first-order chi connectivity index (χ1) is 17.5. The number of sulfone groups is 1. The quantitative estimate of drug-likeness (QED) is 0.200. The first-order valence-electron chi connectivity index (χ1n) is 11.8. The lowest BCUT2D eigenvalue weighted by Gasteiger charge is -2.18. The van der Waals surface area contributed by atoms with Gasteiger partial charge in [0.2, 0.25) is 5.91 Å². The Hall–Kier alpha value is -3.98. The molecule has 0 aromatic heterocycles. The van der Waals surface area contributed by atoms with Crippen molar-refractivity contribution in [3.8, 4) is 0 Å². The number of halogens is 1. The second-order valence-corrected chi connectivity index (χ2v) is 10.8. The smallest absolute Gasteiger partial charge is 0.256 e. The lowest BCUT2D eigenvalue weighted by atomic mass is 9.88. The van der Waals surface area contributed by atoms with Gasteiger partial charge in [-0.15, -0.1) is 0 Å². The highest BCUT2D eigenvalue weighted by Crippen LogP contribution is 2.31. The van der Waals surface area contributed by atoms with Crippen LogP contribution in [0.2, 0.25) is 0 Å². The Morgan fingerprint density at radius 2 is 1.73 bits per heavy atom. The highest BCUT2D eigenvalue weighted by molar-refractivity contribution is 7.90. The van der Waals surface area contributed by atoms with Crippen molar-refractivity contribution in [2.45, 2.75) is 37.0 Å². The van der Waals surface area contributed by atoms with Crippen LogP contribution in [-0.2, 0) is 19.4 Å². The molecule has 3 aromatic carbocycles. The number of anilines is 2. The molecule has 0 radical (unpaired) electrons. The highest BCUT2D eigenvalue weighted by Gasteiger charge is 2.23. The molecular formula is C28H30FN3O4S. The zero-order chi connectivity index (χ0) is 27.2. The number of hydrogen-bond acceptors (Lipinski definition) is 5. The van der Waals surface area contributed by atoms with E-state index >= 15 is 0 Å². The Bertz CT molecular complexity index is 1430. The fraction of sp³-hybridized carbons (Fsp3) is 0.214. The molecule has 1 atom stereocenters. The SMILES string of the molecule is CCCCC(C(N)=O)c1cc(S(C)(=O)=O)ccc1C=C(C(=O)Nc1ccccc1N)c1ccc(F)cc1. The van der Waals surface area contributed by atoms with Gasteiger partial charge in [-0.1, -0.05) is 50.1 Å². The molecule has 9 heteroatoms. The first kappa shape index (κ1) is 27.6. The van der Waals surface area contributed by atoms with E-state index in [-0.39, 0.29) is 10.5 Å². The summed E-state index contributed by atoms with van der Waals surface area (Å²) in [6.07, 6.45) is 4.54. The molecule has 0 aliphatic heterocycles. The summed E-state index contributed by atoms with van der Waals surface area (Å²) in [7, 11) is -3.58. The van der Waals surface area contributed by atoms with E-state index in [1.54, 1.807) is 36.4 Å². The van der Waals surface area contributed by atoms with Gasteiger partial charge in [0.15, 0.2) is 9.84 Å². The van der Waals surface area contributed by atoms with Crippen LogP contribution in [0.1, 0.15) is 48.8 Å². The van der Waals surface area contributed by atoms with Crippen LogP contribution in [-0.4, -0.2) is 26.5 Å². The van der Waals surface area contributed by atoms with Crippen molar-refractivity contribution < 1.29 is 22.4 Å². The molecular weight excluding hydrogens is 493 g/mol. The molecule has 0 saturated heterocycles. The predicted octanol–water partition coefficient (Wildman–Crippen LogP) is 4.75. The molecule has 0 bridgehead atoms. The predicted molar refractivity (Wildman–Crippen MR) is 145 cm³/mol. The van der Waals surface area contributed by atoms with Gasteiger partial charge in [0.25, 0.3) is 5.91 Å². The summed E-state index contributed by atoms with van der Waals surface area (Å²) in [5.74, 6) is -2.36. The summed E-state index contributed by atoms with van der Waals surface area (Å²) in [6, 6.07) is 16.5. The molecule has 3 aromatic rings. The van der Waals surface area contributed by atoms with Crippen LogP contribution < -0.4 is 16.8 Å². The second-order valence-electron chi connectivity index (χ2n) is 8.77. The molecule has 3 rings (SSSR count). The Balaban J connectivity index is 2.22. The number of amides is 2. The van der Waals surface area contributed by atoms with E-state index in [9.17, 15) is 22.4 Å². The number of hydrogen-bond donors (Lipinski definition) is 3. The lowest BCUT2D eigenvalue weighted by molar-refractivity contribution is -0.119. The highest BCUT2D eigenvalue weighted by atomic mass is 32.2. The van der Waals surface area contributed by atoms with Gasteiger partial charge in [0.05, 0.1) is 22.2 Å². The largest absolute Gasteiger partial charge is 0.397 e. The van der Waals surface area contributed by atoms with E-state index in [2.05, 4.69) is 5.32 Å². The fourth-order valence-corrected chi connectivity index (χ4v) is 4.60. The maximum Gasteiger partial charge on any atom is 0.256 e. The monoisotopic (exact) mass is 523 g/mol. The van der Waals surface area contributed by atoms with Crippen molar-refractivity contribution >= 4 is 44.7 Å². The molecule has 1 unspecified atom stereocenters. The van der Waals surface area contributed by atoms with E-state index < -0.39 is 33.4 Å². The topological polar surface area (TPSA) is 132 Å². The Kier molecular flexibility index (Phi) is 8.83. The van der Waals surface area contributed by atoms with E-state index in [4.69, 9.17) is 11.5 Å². The third-order valence-corrected chi connectivity index (χ3v) is 7.07. The molecule has 194 valence electrons. The number of rotatable bonds is 10. The third-order valence-electron chi connectivity index (χ3n) is 5.96. The standard InChI is InChI=1S/C28H30FN3O4S/c1-3-4-7-22(27(31)33)23-17-21(37(2,35)36)15-12-19(23)16-24(18-10-13-20(29)14-11-18)28(34)32-26-9-6-5-8-25(26)30/h5-6,8-17,22H,3-4,7,30H2,1-2H3,(H2,31,33)(H,32,34). The maximum absolute atomic E-state index is 13.7. The second kappa shape index (κ2) is 11.8. The van der Waals surface area contributed by atoms with Crippen molar-refractivity contribution in [1.82, 2.24) is 0 Å². The maximum atomic E-state index is 13.7. The third kappa shape index (κ3) is 7.04. The normalized spacial score (nSPS) is 12.7. The van der Waals surface area contributed by atoms with Crippen LogP contribution >= 0.6 is 0 Å². The summed E-state index contributed by atoms with van der Waals surface area (Å²) in [4.78, 5) is 25.9. The molecule has 5 N–H and O–H groups in total. The number of nitrogen functional groups attached to an aromatic ring is 1. The van der Waals surface area contributed by atoms with Crippen LogP contribution in [0.25, 0.3) is 11.6 Å².